The number of halogens is 6. The van der Waals surface area contributed by atoms with Gasteiger partial charge in [0.05, 0.1) is 25.1 Å². The van der Waals surface area contributed by atoms with Crippen molar-refractivity contribution >= 4 is 77.8 Å². The highest BCUT2D eigenvalue weighted by Gasteiger charge is 2.36. The summed E-state index contributed by atoms with van der Waals surface area (Å²) in [7, 11) is 0. The summed E-state index contributed by atoms with van der Waals surface area (Å²) in [6, 6.07) is 14.1. The fourth-order valence-corrected chi connectivity index (χ4v) is 5.98. The number of anilines is 1. The summed E-state index contributed by atoms with van der Waals surface area (Å²) in [5.74, 6) is -0.451. The van der Waals surface area contributed by atoms with Crippen molar-refractivity contribution in [3.05, 3.63) is 97.0 Å². The summed E-state index contributed by atoms with van der Waals surface area (Å²) in [6.45, 7) is 0.0128. The maximum Gasteiger partial charge on any atom is 0.416 e. The standard InChI is InChI=1S/C24H13Br2F4NO2S2/c25-17-8-13(9-18(26)21(17)33-12-14-4-1-2-7-19(14)27)10-20-22(32)31(23(34)35-20)16-6-3-5-15(11-16)24(28,29)30/h1-11H,12H2/b20-10+. The molecular weight excluding hydrogens is 634 g/mol. The Bertz CT molecular complexity index is 1340. The number of alkyl halides is 3. The fourth-order valence-electron chi connectivity index (χ4n) is 3.23. The minimum atomic E-state index is -4.54. The average molecular weight is 647 g/mol. The molecule has 0 unspecified atom stereocenters. The number of hydrogen-bond donors (Lipinski definition) is 0. The molecule has 4 rings (SSSR count). The highest BCUT2D eigenvalue weighted by Crippen LogP contribution is 2.40. The molecular formula is C24H13Br2F4NO2S2. The van der Waals surface area contributed by atoms with Crippen molar-refractivity contribution in [1.82, 2.24) is 0 Å². The second kappa shape index (κ2) is 10.4. The molecule has 3 aromatic rings. The molecule has 0 atom stereocenters. The normalized spacial score (nSPS) is 15.3. The zero-order valence-electron chi connectivity index (χ0n) is 17.4. The second-order valence-corrected chi connectivity index (χ2v) is 10.6. The van der Waals surface area contributed by atoms with E-state index in [9.17, 15) is 22.4 Å². The van der Waals surface area contributed by atoms with Crippen LogP contribution in [0.5, 0.6) is 5.75 Å². The summed E-state index contributed by atoms with van der Waals surface area (Å²) in [4.78, 5) is 14.3. The minimum absolute atomic E-state index is 0.0128. The molecule has 3 nitrogen and oxygen atoms in total. The van der Waals surface area contributed by atoms with E-state index in [1.54, 1.807) is 36.4 Å². The number of ether oxygens (including phenoxy) is 1. The number of hydrogen-bond acceptors (Lipinski definition) is 4. The number of carbonyl (C=O) groups excluding carboxylic acids is 1. The number of thiocarbonyl (C=S) groups is 1. The van der Waals surface area contributed by atoms with Crippen LogP contribution in [-0.2, 0) is 17.6 Å². The van der Waals surface area contributed by atoms with Crippen molar-refractivity contribution in [2.24, 2.45) is 0 Å². The first-order valence-corrected chi connectivity index (χ1v) is 12.7. The van der Waals surface area contributed by atoms with Crippen molar-refractivity contribution in [2.45, 2.75) is 12.8 Å². The number of rotatable bonds is 5. The Morgan fingerprint density at radius 3 is 2.37 bits per heavy atom. The van der Waals surface area contributed by atoms with Crippen molar-refractivity contribution in [2.75, 3.05) is 4.90 Å². The number of nitrogens with zero attached hydrogens (tertiary/aromatic N) is 1. The molecule has 0 spiro atoms. The number of benzene rings is 3. The second-order valence-electron chi connectivity index (χ2n) is 7.26. The van der Waals surface area contributed by atoms with Crippen molar-refractivity contribution in [3.8, 4) is 5.75 Å². The molecule has 180 valence electrons. The Balaban J connectivity index is 1.56. The molecule has 1 amide bonds. The first-order valence-electron chi connectivity index (χ1n) is 9.85. The number of carbonyl (C=O) groups is 1. The lowest BCUT2D eigenvalue weighted by atomic mass is 10.1. The maximum absolute atomic E-state index is 13.9. The Labute approximate surface area is 224 Å². The van der Waals surface area contributed by atoms with Crippen LogP contribution in [0.25, 0.3) is 6.08 Å². The third-order valence-corrected chi connectivity index (χ3v) is 7.35. The van der Waals surface area contributed by atoms with Crippen molar-refractivity contribution < 1.29 is 27.1 Å². The third kappa shape index (κ3) is 5.79. The van der Waals surface area contributed by atoms with E-state index in [0.717, 1.165) is 28.8 Å². The van der Waals surface area contributed by atoms with Crippen molar-refractivity contribution in [1.29, 1.82) is 0 Å². The van der Waals surface area contributed by atoms with Crippen LogP contribution < -0.4 is 9.64 Å². The van der Waals surface area contributed by atoms with E-state index in [2.05, 4.69) is 31.9 Å². The summed E-state index contributed by atoms with van der Waals surface area (Å²) in [5, 5.41) is 0. The van der Waals surface area contributed by atoms with E-state index in [0.29, 0.717) is 25.8 Å². The average Bonchev–Trinajstić information content (AvgIpc) is 3.06. The topological polar surface area (TPSA) is 29.5 Å². The molecule has 0 aliphatic carbocycles. The van der Waals surface area contributed by atoms with Gasteiger partial charge in [0, 0.05) is 5.56 Å². The monoisotopic (exact) mass is 645 g/mol. The lowest BCUT2D eigenvalue weighted by Crippen LogP contribution is -2.27. The van der Waals surface area contributed by atoms with Crippen LogP contribution in [0.1, 0.15) is 16.7 Å². The molecule has 1 aliphatic heterocycles. The van der Waals surface area contributed by atoms with E-state index in [4.69, 9.17) is 17.0 Å². The quantitative estimate of drug-likeness (QED) is 0.158. The SMILES string of the molecule is O=C1/C(=C\c2cc(Br)c(OCc3ccccc3F)c(Br)c2)SC(=S)N1c1cccc(C(F)(F)F)c1. The lowest BCUT2D eigenvalue weighted by Gasteiger charge is -2.16. The van der Waals surface area contributed by atoms with Gasteiger partial charge < -0.3 is 4.74 Å². The van der Waals surface area contributed by atoms with E-state index < -0.39 is 17.6 Å². The van der Waals surface area contributed by atoms with Gasteiger partial charge in [0.2, 0.25) is 0 Å². The van der Waals surface area contributed by atoms with Gasteiger partial charge in [-0.05, 0) is 79.9 Å². The van der Waals surface area contributed by atoms with Crippen LogP contribution in [0.2, 0.25) is 0 Å². The maximum atomic E-state index is 13.9. The van der Waals surface area contributed by atoms with Crippen LogP contribution in [0.15, 0.2) is 74.5 Å². The zero-order chi connectivity index (χ0) is 25.3. The van der Waals surface area contributed by atoms with Gasteiger partial charge in [0.25, 0.3) is 5.91 Å². The van der Waals surface area contributed by atoms with Gasteiger partial charge in [-0.25, -0.2) is 4.39 Å². The molecule has 3 aromatic carbocycles. The first-order chi connectivity index (χ1) is 16.5. The summed E-state index contributed by atoms with van der Waals surface area (Å²) in [5.41, 5.74) is 0.192. The van der Waals surface area contributed by atoms with Gasteiger partial charge in [-0.15, -0.1) is 0 Å². The highest BCUT2D eigenvalue weighted by molar-refractivity contribution is 9.11. The molecule has 1 fully saturated rings. The highest BCUT2D eigenvalue weighted by atomic mass is 79.9. The van der Waals surface area contributed by atoms with Gasteiger partial charge in [0.15, 0.2) is 4.32 Å². The number of amides is 1. The van der Waals surface area contributed by atoms with Crippen LogP contribution in [-0.4, -0.2) is 10.2 Å². The van der Waals surface area contributed by atoms with E-state index in [1.165, 1.54) is 18.2 Å². The van der Waals surface area contributed by atoms with Gasteiger partial charge in [0.1, 0.15) is 18.2 Å². The van der Waals surface area contributed by atoms with Crippen LogP contribution in [0, 0.1) is 5.82 Å². The molecule has 1 aliphatic rings. The summed E-state index contributed by atoms with van der Waals surface area (Å²) < 4.78 is 60.2. The van der Waals surface area contributed by atoms with Gasteiger partial charge in [-0.1, -0.05) is 48.2 Å². The Kier molecular flexibility index (Phi) is 7.70. The summed E-state index contributed by atoms with van der Waals surface area (Å²) in [6.07, 6.45) is -2.95. The zero-order valence-corrected chi connectivity index (χ0v) is 22.2. The van der Waals surface area contributed by atoms with Crippen LogP contribution >= 0.6 is 55.8 Å². The summed E-state index contributed by atoms with van der Waals surface area (Å²) >= 11 is 13.1. The third-order valence-electron chi connectivity index (χ3n) is 4.87. The van der Waals surface area contributed by atoms with Gasteiger partial charge >= 0.3 is 6.18 Å². The molecule has 1 saturated heterocycles. The molecule has 1 heterocycles. The van der Waals surface area contributed by atoms with E-state index in [1.807, 2.05) is 0 Å². The molecule has 0 bridgehead atoms. The Hall–Kier alpha value is -2.21. The minimum Gasteiger partial charge on any atom is -0.486 e. The van der Waals surface area contributed by atoms with Crippen LogP contribution in [0.4, 0.5) is 23.2 Å². The van der Waals surface area contributed by atoms with Crippen LogP contribution in [0.3, 0.4) is 0 Å². The largest absolute Gasteiger partial charge is 0.486 e. The Morgan fingerprint density at radius 1 is 1.03 bits per heavy atom. The van der Waals surface area contributed by atoms with Gasteiger partial charge in [-0.2, -0.15) is 13.2 Å². The molecule has 0 radical (unpaired) electrons. The molecule has 0 saturated carbocycles. The Morgan fingerprint density at radius 2 is 1.71 bits per heavy atom. The molecule has 0 N–H and O–H groups in total. The predicted molar refractivity (Wildman–Crippen MR) is 140 cm³/mol. The molecule has 11 heteroatoms. The smallest absolute Gasteiger partial charge is 0.416 e. The molecule has 0 aromatic heterocycles. The number of thioether (sulfide) groups is 1. The first kappa shape index (κ1) is 25.9. The van der Waals surface area contributed by atoms with E-state index in [-0.39, 0.29) is 27.3 Å². The predicted octanol–water partition coefficient (Wildman–Crippen LogP) is 8.35. The van der Waals surface area contributed by atoms with Crippen molar-refractivity contribution in [3.63, 3.8) is 0 Å². The van der Waals surface area contributed by atoms with Gasteiger partial charge in [-0.3, -0.25) is 9.69 Å². The lowest BCUT2D eigenvalue weighted by molar-refractivity contribution is -0.137. The molecule has 35 heavy (non-hydrogen) atoms. The fraction of sp³-hybridized carbons (Fsp3) is 0.0833. The van der Waals surface area contributed by atoms with E-state index >= 15 is 0 Å².